The second-order valence-corrected chi connectivity index (χ2v) is 4.20. The third kappa shape index (κ3) is 2.42. The summed E-state index contributed by atoms with van der Waals surface area (Å²) in [5.41, 5.74) is 0. The van der Waals surface area contributed by atoms with Crippen LogP contribution in [0.2, 0.25) is 0 Å². The molecule has 3 nitrogen and oxygen atoms in total. The summed E-state index contributed by atoms with van der Waals surface area (Å²) >= 11 is 0. The average Bonchev–Trinajstić information content (AvgIpc) is 2.76. The van der Waals surface area contributed by atoms with Gasteiger partial charge in [-0.05, 0) is 25.8 Å². The van der Waals surface area contributed by atoms with Crippen molar-refractivity contribution in [1.29, 1.82) is 0 Å². The predicted octanol–water partition coefficient (Wildman–Crippen LogP) is 0.459. The van der Waals surface area contributed by atoms with Crippen LogP contribution in [0.5, 0.6) is 0 Å². The molecule has 0 radical (unpaired) electrons. The van der Waals surface area contributed by atoms with Crippen molar-refractivity contribution in [2.45, 2.75) is 31.4 Å². The minimum atomic E-state index is 0.487. The molecule has 0 aromatic heterocycles. The molecule has 3 heteroatoms. The molecule has 2 fully saturated rings. The van der Waals surface area contributed by atoms with Crippen LogP contribution >= 0.6 is 0 Å². The number of likely N-dealkylation sites (tertiary alicyclic amines) is 1. The lowest BCUT2D eigenvalue weighted by molar-refractivity contribution is 0.107. The highest BCUT2D eigenvalue weighted by molar-refractivity contribution is 4.82. The molecule has 0 bridgehead atoms. The SMILES string of the molecule is CO[C@@H]1CCN(C[C@@H]2CCCN2)C1. The van der Waals surface area contributed by atoms with Gasteiger partial charge in [0.05, 0.1) is 6.10 Å². The van der Waals surface area contributed by atoms with Crippen molar-refractivity contribution in [2.24, 2.45) is 0 Å². The van der Waals surface area contributed by atoms with Crippen LogP contribution in [0.15, 0.2) is 0 Å². The fourth-order valence-corrected chi connectivity index (χ4v) is 2.38. The molecule has 13 heavy (non-hydrogen) atoms. The van der Waals surface area contributed by atoms with Crippen molar-refractivity contribution in [3.05, 3.63) is 0 Å². The van der Waals surface area contributed by atoms with Crippen LogP contribution in [-0.4, -0.2) is 50.3 Å². The first-order chi connectivity index (χ1) is 6.38. The fraction of sp³-hybridized carbons (Fsp3) is 1.00. The Bertz CT molecular complexity index is 157. The Labute approximate surface area is 80.4 Å². The summed E-state index contributed by atoms with van der Waals surface area (Å²) < 4.78 is 5.34. The van der Waals surface area contributed by atoms with Crippen LogP contribution in [0.3, 0.4) is 0 Å². The van der Waals surface area contributed by atoms with Gasteiger partial charge in [0, 0.05) is 32.8 Å². The number of nitrogens with zero attached hydrogens (tertiary/aromatic N) is 1. The molecule has 0 aliphatic carbocycles. The molecular weight excluding hydrogens is 164 g/mol. The highest BCUT2D eigenvalue weighted by Gasteiger charge is 2.25. The summed E-state index contributed by atoms with van der Waals surface area (Å²) in [6.07, 6.45) is 4.41. The summed E-state index contributed by atoms with van der Waals surface area (Å²) in [6, 6.07) is 0.746. The first-order valence-electron chi connectivity index (χ1n) is 5.37. The Morgan fingerprint density at radius 3 is 3.00 bits per heavy atom. The second kappa shape index (κ2) is 4.40. The molecule has 1 N–H and O–H groups in total. The maximum Gasteiger partial charge on any atom is 0.0710 e. The molecule has 0 unspecified atom stereocenters. The summed E-state index contributed by atoms with van der Waals surface area (Å²) in [7, 11) is 1.82. The van der Waals surface area contributed by atoms with Gasteiger partial charge >= 0.3 is 0 Å². The van der Waals surface area contributed by atoms with Gasteiger partial charge in [-0.1, -0.05) is 0 Å². The summed E-state index contributed by atoms with van der Waals surface area (Å²) in [5, 5.41) is 3.53. The van der Waals surface area contributed by atoms with Crippen molar-refractivity contribution in [3.63, 3.8) is 0 Å². The van der Waals surface area contributed by atoms with E-state index >= 15 is 0 Å². The first-order valence-corrected chi connectivity index (χ1v) is 5.37. The molecule has 2 aliphatic heterocycles. The molecule has 0 saturated carbocycles. The highest BCUT2D eigenvalue weighted by atomic mass is 16.5. The minimum Gasteiger partial charge on any atom is -0.380 e. The summed E-state index contributed by atoms with van der Waals surface area (Å²) in [4.78, 5) is 2.52. The van der Waals surface area contributed by atoms with Crippen molar-refractivity contribution >= 4 is 0 Å². The first kappa shape index (κ1) is 9.44. The number of nitrogens with one attached hydrogen (secondary N) is 1. The highest BCUT2D eigenvalue weighted by Crippen LogP contribution is 2.14. The van der Waals surface area contributed by atoms with Crippen molar-refractivity contribution in [2.75, 3.05) is 33.3 Å². The Kier molecular flexibility index (Phi) is 3.19. The molecule has 0 amide bonds. The summed E-state index contributed by atoms with van der Waals surface area (Å²) in [6.45, 7) is 4.79. The van der Waals surface area contributed by atoms with Crippen LogP contribution in [0.4, 0.5) is 0 Å². The quantitative estimate of drug-likeness (QED) is 0.689. The molecule has 2 atom stereocenters. The largest absolute Gasteiger partial charge is 0.380 e. The van der Waals surface area contributed by atoms with Crippen LogP contribution in [-0.2, 0) is 4.74 Å². The van der Waals surface area contributed by atoms with E-state index in [2.05, 4.69) is 10.2 Å². The standard InChI is InChI=1S/C10H20N2O/c1-13-10-4-6-12(8-10)7-9-3-2-5-11-9/h9-11H,2-8H2,1H3/t9-,10+/m0/s1. The van der Waals surface area contributed by atoms with Gasteiger partial charge in [0.1, 0.15) is 0 Å². The maximum atomic E-state index is 5.34. The van der Waals surface area contributed by atoms with E-state index in [-0.39, 0.29) is 0 Å². The smallest absolute Gasteiger partial charge is 0.0710 e. The number of rotatable bonds is 3. The molecule has 76 valence electrons. The van der Waals surface area contributed by atoms with Crippen LogP contribution in [0.1, 0.15) is 19.3 Å². The minimum absolute atomic E-state index is 0.487. The molecule has 0 aromatic rings. The zero-order valence-corrected chi connectivity index (χ0v) is 8.46. The monoisotopic (exact) mass is 184 g/mol. The zero-order valence-electron chi connectivity index (χ0n) is 8.46. The average molecular weight is 184 g/mol. The molecule has 2 saturated heterocycles. The molecule has 0 aromatic carbocycles. The van der Waals surface area contributed by atoms with Crippen molar-refractivity contribution in [1.82, 2.24) is 10.2 Å². The van der Waals surface area contributed by atoms with Gasteiger partial charge in [-0.15, -0.1) is 0 Å². The van der Waals surface area contributed by atoms with Gasteiger partial charge in [-0.2, -0.15) is 0 Å². The fourth-order valence-electron chi connectivity index (χ4n) is 2.38. The molecule has 2 aliphatic rings. The van der Waals surface area contributed by atoms with Gasteiger partial charge in [-0.25, -0.2) is 0 Å². The van der Waals surface area contributed by atoms with E-state index in [9.17, 15) is 0 Å². The third-order valence-electron chi connectivity index (χ3n) is 3.20. The van der Waals surface area contributed by atoms with Gasteiger partial charge in [0.15, 0.2) is 0 Å². The lowest BCUT2D eigenvalue weighted by Crippen LogP contribution is -2.36. The van der Waals surface area contributed by atoms with E-state index in [1.54, 1.807) is 0 Å². The number of ether oxygens (including phenoxy) is 1. The lowest BCUT2D eigenvalue weighted by Gasteiger charge is -2.20. The van der Waals surface area contributed by atoms with E-state index in [1.165, 1.54) is 38.9 Å². The topological polar surface area (TPSA) is 24.5 Å². The molecular formula is C10H20N2O. The molecule has 2 heterocycles. The van der Waals surface area contributed by atoms with Crippen molar-refractivity contribution in [3.8, 4) is 0 Å². The Morgan fingerprint density at radius 1 is 1.46 bits per heavy atom. The number of hydrogen-bond donors (Lipinski definition) is 1. The van der Waals surface area contributed by atoms with Gasteiger partial charge in [0.25, 0.3) is 0 Å². The van der Waals surface area contributed by atoms with Gasteiger partial charge in [-0.3, -0.25) is 4.90 Å². The van der Waals surface area contributed by atoms with E-state index in [1.807, 2.05) is 7.11 Å². The van der Waals surface area contributed by atoms with Crippen LogP contribution in [0.25, 0.3) is 0 Å². The van der Waals surface area contributed by atoms with Crippen LogP contribution in [0, 0.1) is 0 Å². The Balaban J connectivity index is 1.70. The summed E-state index contributed by atoms with van der Waals surface area (Å²) in [5.74, 6) is 0. The molecule has 0 spiro atoms. The normalized spacial score (nSPS) is 35.8. The Hall–Kier alpha value is -0.120. The number of hydrogen-bond acceptors (Lipinski definition) is 3. The molecule has 2 rings (SSSR count). The number of methoxy groups -OCH3 is 1. The second-order valence-electron chi connectivity index (χ2n) is 4.20. The Morgan fingerprint density at radius 2 is 2.38 bits per heavy atom. The predicted molar refractivity (Wildman–Crippen MR) is 52.9 cm³/mol. The van der Waals surface area contributed by atoms with Gasteiger partial charge < -0.3 is 10.1 Å². The maximum absolute atomic E-state index is 5.34. The third-order valence-corrected chi connectivity index (χ3v) is 3.20. The zero-order chi connectivity index (χ0) is 9.10. The van der Waals surface area contributed by atoms with E-state index < -0.39 is 0 Å². The van der Waals surface area contributed by atoms with E-state index in [0.717, 1.165) is 12.6 Å². The van der Waals surface area contributed by atoms with E-state index in [4.69, 9.17) is 4.74 Å². The van der Waals surface area contributed by atoms with E-state index in [0.29, 0.717) is 6.10 Å². The van der Waals surface area contributed by atoms with Gasteiger partial charge in [0.2, 0.25) is 0 Å². The van der Waals surface area contributed by atoms with Crippen molar-refractivity contribution < 1.29 is 4.74 Å². The van der Waals surface area contributed by atoms with Crippen LogP contribution < -0.4 is 5.32 Å². The lowest BCUT2D eigenvalue weighted by atomic mass is 10.2.